The number of hydrogen-bond acceptors (Lipinski definition) is 3. The van der Waals surface area contributed by atoms with Crippen molar-refractivity contribution in [1.82, 2.24) is 4.98 Å². The first-order chi connectivity index (χ1) is 14.2. The molecule has 0 spiro atoms. The Bertz CT molecular complexity index is 649. The first kappa shape index (κ1) is 29.4. The molecule has 0 saturated carbocycles. The van der Waals surface area contributed by atoms with Crippen LogP contribution in [0.4, 0.5) is 13.2 Å². The van der Waals surface area contributed by atoms with Crippen LogP contribution in [0.2, 0.25) is 31.4 Å². The third kappa shape index (κ3) is 8.28. The fraction of sp³-hybridized carbons (Fsp3) is 0.870. The summed E-state index contributed by atoms with van der Waals surface area (Å²) >= 11 is -1.88. The maximum absolute atomic E-state index is 14.2. The van der Waals surface area contributed by atoms with Gasteiger partial charge < -0.3 is 0 Å². The van der Waals surface area contributed by atoms with Gasteiger partial charge in [0.1, 0.15) is 0 Å². The second kappa shape index (κ2) is 12.2. The Morgan fingerprint density at radius 1 is 0.903 bits per heavy atom. The molecule has 1 aromatic rings. The summed E-state index contributed by atoms with van der Waals surface area (Å²) < 4.78 is 52.5. The molecule has 1 heterocycles. The minimum absolute atomic E-state index is 0.0202. The molecule has 0 unspecified atom stereocenters. The molecule has 0 N–H and O–H groups in total. The number of hydrogen-bond donors (Lipinski definition) is 0. The Hall–Kier alpha value is 0.396. The van der Waals surface area contributed by atoms with E-state index in [4.69, 9.17) is 4.43 Å². The van der Waals surface area contributed by atoms with Gasteiger partial charge in [-0.1, -0.05) is 0 Å². The van der Waals surface area contributed by atoms with E-state index >= 15 is 0 Å². The Morgan fingerprint density at radius 2 is 1.35 bits per heavy atom. The van der Waals surface area contributed by atoms with Crippen molar-refractivity contribution in [2.45, 2.75) is 124 Å². The number of halogens is 3. The van der Waals surface area contributed by atoms with E-state index in [2.05, 4.69) is 59.6 Å². The second-order valence-electron chi connectivity index (χ2n) is 10.4. The molecule has 0 atom stereocenters. The van der Waals surface area contributed by atoms with Crippen LogP contribution in [0, 0.1) is 0 Å². The Labute approximate surface area is 197 Å². The predicted octanol–water partition coefficient (Wildman–Crippen LogP) is 8.74. The van der Waals surface area contributed by atoms with Crippen LogP contribution in [-0.4, -0.2) is 31.7 Å². The summed E-state index contributed by atoms with van der Waals surface area (Å²) in [6.07, 6.45) is 1.85. The van der Waals surface area contributed by atoms with Crippen LogP contribution in [0.25, 0.3) is 0 Å². The van der Waals surface area contributed by atoms with Crippen molar-refractivity contribution in [2.75, 3.05) is 0 Å². The molecular weight excluding hydrogens is 542 g/mol. The van der Waals surface area contributed by atoms with E-state index in [-0.39, 0.29) is 11.6 Å². The molecule has 0 radical (unpaired) electrons. The molecule has 0 aliphatic heterocycles. The number of aromatic nitrogens is 1. The van der Waals surface area contributed by atoms with Crippen molar-refractivity contribution in [2.24, 2.45) is 0 Å². The fourth-order valence-corrected chi connectivity index (χ4v) is 25.5. The minimum atomic E-state index is -4.38. The molecule has 0 bridgehead atoms. The summed E-state index contributed by atoms with van der Waals surface area (Å²) in [4.78, 5) is 4.20. The van der Waals surface area contributed by atoms with Crippen molar-refractivity contribution >= 4 is 40.9 Å². The van der Waals surface area contributed by atoms with E-state index in [1.165, 1.54) is 11.3 Å². The third-order valence-corrected chi connectivity index (χ3v) is 30.6. The zero-order valence-corrected chi connectivity index (χ0v) is 25.6. The Balaban J connectivity index is 3.44. The number of thiazole rings is 1. The van der Waals surface area contributed by atoms with Gasteiger partial charge in [-0.3, -0.25) is 0 Å². The van der Waals surface area contributed by atoms with E-state index < -0.39 is 38.6 Å². The van der Waals surface area contributed by atoms with Gasteiger partial charge in [0.25, 0.3) is 0 Å². The van der Waals surface area contributed by atoms with Crippen molar-refractivity contribution < 1.29 is 17.6 Å². The van der Waals surface area contributed by atoms with Crippen molar-refractivity contribution in [3.63, 3.8) is 0 Å². The van der Waals surface area contributed by atoms with Gasteiger partial charge in [0.05, 0.1) is 0 Å². The Morgan fingerprint density at radius 3 is 1.71 bits per heavy atom. The van der Waals surface area contributed by atoms with Gasteiger partial charge in [-0.15, -0.1) is 0 Å². The standard InChI is InChI=1S/C11H17F3NOSSi.3C4H9.Sn/c1-10(2,3)18(4,5)16-6-9-15-8(7-17-9)11(12,13)14;3*1-3-4-2;/h6H2,1-5H3;3*1,3-4H2,2H3;. The second-order valence-corrected chi connectivity index (χ2v) is 30.4. The van der Waals surface area contributed by atoms with Gasteiger partial charge in [0.2, 0.25) is 0 Å². The van der Waals surface area contributed by atoms with E-state index in [0.717, 1.165) is 51.8 Å². The van der Waals surface area contributed by atoms with Crippen molar-refractivity contribution in [3.05, 3.63) is 10.7 Å². The first-order valence-electron chi connectivity index (χ1n) is 12.0. The molecular formula is C23H44F3NOSSiSn. The molecule has 8 heteroatoms. The first-order valence-corrected chi connectivity index (χ1v) is 23.2. The maximum atomic E-state index is 14.2. The average molecular weight is 586 g/mol. The number of alkyl halides is 3. The SMILES string of the molecule is CCC[CH2][Sn]([CH2]CCC)([CH2]CCC)[c]1sc(CO[Si](C)(C)C(C)(C)C)nc1C(F)(F)F. The molecule has 0 amide bonds. The van der Waals surface area contributed by atoms with Gasteiger partial charge in [-0.2, -0.15) is 0 Å². The number of nitrogens with zero attached hydrogens (tertiary/aromatic N) is 1. The van der Waals surface area contributed by atoms with Gasteiger partial charge in [-0.25, -0.2) is 0 Å². The third-order valence-electron chi connectivity index (χ3n) is 6.81. The normalized spacial score (nSPS) is 13.8. The van der Waals surface area contributed by atoms with Crippen LogP contribution in [0.15, 0.2) is 0 Å². The van der Waals surface area contributed by atoms with E-state index in [1.807, 2.05) is 0 Å². The van der Waals surface area contributed by atoms with Crippen LogP contribution < -0.4 is 2.89 Å². The van der Waals surface area contributed by atoms with E-state index in [0.29, 0.717) is 7.90 Å². The van der Waals surface area contributed by atoms with E-state index in [1.54, 1.807) is 0 Å². The van der Waals surface area contributed by atoms with E-state index in [9.17, 15) is 13.2 Å². The molecule has 0 aliphatic rings. The molecule has 0 saturated heterocycles. The zero-order chi connectivity index (χ0) is 23.9. The molecule has 0 fully saturated rings. The van der Waals surface area contributed by atoms with Gasteiger partial charge in [-0.05, 0) is 0 Å². The monoisotopic (exact) mass is 587 g/mol. The van der Waals surface area contributed by atoms with Crippen LogP contribution in [0.3, 0.4) is 0 Å². The van der Waals surface area contributed by atoms with Crippen LogP contribution in [-0.2, 0) is 17.2 Å². The molecule has 2 nitrogen and oxygen atoms in total. The van der Waals surface area contributed by atoms with Crippen LogP contribution >= 0.6 is 11.3 Å². The van der Waals surface area contributed by atoms with Crippen LogP contribution in [0.5, 0.6) is 0 Å². The molecule has 1 aromatic heterocycles. The summed E-state index contributed by atoms with van der Waals surface area (Å²) in [7, 11) is -2.05. The summed E-state index contributed by atoms with van der Waals surface area (Å²) in [5.41, 5.74) is -0.564. The summed E-state index contributed by atoms with van der Waals surface area (Å²) in [5.74, 6) is 0. The molecule has 31 heavy (non-hydrogen) atoms. The fourth-order valence-electron chi connectivity index (χ4n) is 3.70. The zero-order valence-electron chi connectivity index (χ0n) is 21.0. The summed E-state index contributed by atoms with van der Waals surface area (Å²) in [6, 6.07) is 0. The quantitative estimate of drug-likeness (QED) is 0.216. The van der Waals surface area contributed by atoms with Crippen molar-refractivity contribution in [3.8, 4) is 0 Å². The van der Waals surface area contributed by atoms with Gasteiger partial charge in [0.15, 0.2) is 0 Å². The Kier molecular flexibility index (Phi) is 11.6. The molecule has 0 aromatic carbocycles. The average Bonchev–Trinajstić information content (AvgIpc) is 3.11. The molecule has 182 valence electrons. The predicted molar refractivity (Wildman–Crippen MR) is 134 cm³/mol. The molecule has 1 rings (SSSR count). The van der Waals surface area contributed by atoms with Gasteiger partial charge in [0, 0.05) is 0 Å². The summed E-state index contributed by atoms with van der Waals surface area (Å²) in [6.45, 7) is 17.4. The summed E-state index contributed by atoms with van der Waals surface area (Å²) in [5, 5.41) is 0.546. The topological polar surface area (TPSA) is 22.1 Å². The van der Waals surface area contributed by atoms with Crippen molar-refractivity contribution in [1.29, 1.82) is 0 Å². The van der Waals surface area contributed by atoms with Crippen LogP contribution in [0.1, 0.15) is 90.8 Å². The number of unbranched alkanes of at least 4 members (excludes halogenated alkanes) is 3. The van der Waals surface area contributed by atoms with Gasteiger partial charge >= 0.3 is 199 Å². The molecule has 0 aliphatic carbocycles. The number of rotatable bonds is 13.